The van der Waals surface area contributed by atoms with Crippen LogP contribution in [-0.4, -0.2) is 61.9 Å². The molecule has 34 heavy (non-hydrogen) atoms. The summed E-state index contributed by atoms with van der Waals surface area (Å²) in [5.74, 6) is -0.0914. The third-order valence-electron chi connectivity index (χ3n) is 7.96. The summed E-state index contributed by atoms with van der Waals surface area (Å²) in [6, 6.07) is 5.38. The van der Waals surface area contributed by atoms with Gasteiger partial charge in [0.25, 0.3) is 0 Å². The average molecular weight is 477 g/mol. The molecule has 4 rings (SSSR count). The molecule has 9 heteroatoms. The van der Waals surface area contributed by atoms with Gasteiger partial charge in [0, 0.05) is 57.3 Å². The van der Waals surface area contributed by atoms with Gasteiger partial charge in [-0.3, -0.25) is 9.59 Å². The maximum absolute atomic E-state index is 13.5. The van der Waals surface area contributed by atoms with E-state index in [-0.39, 0.29) is 23.7 Å². The summed E-state index contributed by atoms with van der Waals surface area (Å²) in [4.78, 5) is 31.4. The van der Waals surface area contributed by atoms with Gasteiger partial charge in [0.05, 0.1) is 23.1 Å². The number of amides is 2. The number of alkyl halides is 3. The predicted molar refractivity (Wildman–Crippen MR) is 121 cm³/mol. The molecule has 1 aliphatic carbocycles. The standard InChI is InChI=1S/C25H31F3N4O2/c1-30(2)23(34)21-15-32(19-8-7-18(14-29)20(13-19)25(26,27)28)16-24(21)9-11-31(12-10-24)22(33)17-5-3-4-6-17/h7-8,13,17,21H,3-6,9-12,15-16H2,1-2H3. The Balaban J connectivity index is 1.58. The summed E-state index contributed by atoms with van der Waals surface area (Å²) in [5.41, 5.74) is -1.41. The Morgan fingerprint density at radius 2 is 1.79 bits per heavy atom. The summed E-state index contributed by atoms with van der Waals surface area (Å²) < 4.78 is 40.6. The lowest BCUT2D eigenvalue weighted by molar-refractivity contribution is -0.141. The predicted octanol–water partition coefficient (Wildman–Crippen LogP) is 3.90. The first-order chi connectivity index (χ1) is 16.1. The van der Waals surface area contributed by atoms with Gasteiger partial charge in [-0.05, 0) is 43.9 Å². The van der Waals surface area contributed by atoms with Crippen LogP contribution < -0.4 is 4.90 Å². The Kier molecular flexibility index (Phi) is 6.54. The summed E-state index contributed by atoms with van der Waals surface area (Å²) in [6.07, 6.45) is 0.721. The van der Waals surface area contributed by atoms with Crippen molar-refractivity contribution < 1.29 is 22.8 Å². The summed E-state index contributed by atoms with van der Waals surface area (Å²) >= 11 is 0. The van der Waals surface area contributed by atoms with E-state index in [0.29, 0.717) is 44.7 Å². The maximum atomic E-state index is 13.5. The fraction of sp³-hybridized carbons (Fsp3) is 0.640. The van der Waals surface area contributed by atoms with Crippen LogP contribution in [0.4, 0.5) is 18.9 Å². The number of hydrogen-bond acceptors (Lipinski definition) is 4. The van der Waals surface area contributed by atoms with E-state index < -0.39 is 22.7 Å². The second-order valence-corrected chi connectivity index (χ2v) is 10.2. The molecule has 1 unspecified atom stereocenters. The van der Waals surface area contributed by atoms with Gasteiger partial charge in [-0.15, -0.1) is 0 Å². The van der Waals surface area contributed by atoms with Crippen LogP contribution in [0.15, 0.2) is 18.2 Å². The highest BCUT2D eigenvalue weighted by molar-refractivity contribution is 5.82. The van der Waals surface area contributed by atoms with Crippen LogP contribution in [-0.2, 0) is 15.8 Å². The minimum atomic E-state index is -4.64. The van der Waals surface area contributed by atoms with Gasteiger partial charge in [-0.25, -0.2) is 0 Å². The van der Waals surface area contributed by atoms with Crippen molar-refractivity contribution in [1.29, 1.82) is 5.26 Å². The van der Waals surface area contributed by atoms with Crippen molar-refractivity contribution in [3.63, 3.8) is 0 Å². The molecule has 1 saturated carbocycles. The molecule has 2 heterocycles. The molecule has 2 aliphatic heterocycles. The maximum Gasteiger partial charge on any atom is 0.417 e. The van der Waals surface area contributed by atoms with E-state index in [2.05, 4.69) is 0 Å². The van der Waals surface area contributed by atoms with Crippen molar-refractivity contribution in [3.05, 3.63) is 29.3 Å². The summed E-state index contributed by atoms with van der Waals surface area (Å²) in [7, 11) is 3.39. The molecule has 3 aliphatic rings. The number of hydrogen-bond donors (Lipinski definition) is 0. The number of nitriles is 1. The lowest BCUT2D eigenvalue weighted by atomic mass is 9.70. The molecule has 6 nitrogen and oxygen atoms in total. The second-order valence-electron chi connectivity index (χ2n) is 10.2. The number of rotatable bonds is 3. The largest absolute Gasteiger partial charge is 0.417 e. The minimum Gasteiger partial charge on any atom is -0.370 e. The van der Waals surface area contributed by atoms with Gasteiger partial charge in [0.1, 0.15) is 0 Å². The van der Waals surface area contributed by atoms with E-state index in [1.54, 1.807) is 25.1 Å². The van der Waals surface area contributed by atoms with Gasteiger partial charge in [-0.1, -0.05) is 12.8 Å². The molecule has 1 spiro atoms. The molecular formula is C25H31F3N4O2. The smallest absolute Gasteiger partial charge is 0.370 e. The highest BCUT2D eigenvalue weighted by atomic mass is 19.4. The SMILES string of the molecule is CN(C)C(=O)C1CN(c2ccc(C#N)c(C(F)(F)F)c2)CC12CCN(C(=O)C1CCCC1)CC2. The molecule has 1 aromatic rings. The minimum absolute atomic E-state index is 0.0391. The van der Waals surface area contributed by atoms with E-state index in [9.17, 15) is 22.8 Å². The Morgan fingerprint density at radius 3 is 2.35 bits per heavy atom. The second kappa shape index (κ2) is 9.12. The number of anilines is 1. The van der Waals surface area contributed by atoms with E-state index in [4.69, 9.17) is 5.26 Å². The number of carbonyl (C=O) groups is 2. The topological polar surface area (TPSA) is 67.7 Å². The highest BCUT2D eigenvalue weighted by Crippen LogP contribution is 2.47. The summed E-state index contributed by atoms with van der Waals surface area (Å²) in [5, 5.41) is 9.11. The first kappa shape index (κ1) is 24.4. The van der Waals surface area contributed by atoms with Crippen LogP contribution in [0.1, 0.15) is 49.7 Å². The van der Waals surface area contributed by atoms with E-state index in [1.807, 2.05) is 9.80 Å². The average Bonchev–Trinajstić information content (AvgIpc) is 3.46. The van der Waals surface area contributed by atoms with Crippen molar-refractivity contribution in [2.75, 3.05) is 45.2 Å². The number of likely N-dealkylation sites (tertiary alicyclic amines) is 1. The van der Waals surface area contributed by atoms with Gasteiger partial charge >= 0.3 is 6.18 Å². The zero-order chi connectivity index (χ0) is 24.7. The summed E-state index contributed by atoms with van der Waals surface area (Å²) in [6.45, 7) is 1.91. The van der Waals surface area contributed by atoms with Gasteiger partial charge in [0.2, 0.25) is 11.8 Å². The first-order valence-corrected chi connectivity index (χ1v) is 11.9. The normalized spacial score (nSPS) is 22.8. The van der Waals surface area contributed by atoms with Crippen LogP contribution in [0.2, 0.25) is 0 Å². The Hall–Kier alpha value is -2.76. The van der Waals surface area contributed by atoms with Crippen molar-refractivity contribution in [1.82, 2.24) is 9.80 Å². The fourth-order valence-electron chi connectivity index (χ4n) is 5.99. The zero-order valence-corrected chi connectivity index (χ0v) is 19.7. The number of carbonyl (C=O) groups excluding carboxylic acids is 2. The molecule has 0 aromatic heterocycles. The van der Waals surface area contributed by atoms with Crippen molar-refractivity contribution in [3.8, 4) is 6.07 Å². The van der Waals surface area contributed by atoms with Crippen LogP contribution in [0.3, 0.4) is 0 Å². The quantitative estimate of drug-likeness (QED) is 0.664. The van der Waals surface area contributed by atoms with Gasteiger partial charge in [0.15, 0.2) is 0 Å². The highest BCUT2D eigenvalue weighted by Gasteiger charge is 2.52. The molecule has 184 valence electrons. The lowest BCUT2D eigenvalue weighted by Gasteiger charge is -2.43. The Morgan fingerprint density at radius 1 is 1.15 bits per heavy atom. The third-order valence-corrected chi connectivity index (χ3v) is 7.96. The van der Waals surface area contributed by atoms with Crippen molar-refractivity contribution in [2.45, 2.75) is 44.7 Å². The molecule has 1 aromatic carbocycles. The molecular weight excluding hydrogens is 445 g/mol. The number of halogens is 3. The Bertz CT molecular complexity index is 987. The zero-order valence-electron chi connectivity index (χ0n) is 19.7. The first-order valence-electron chi connectivity index (χ1n) is 11.9. The lowest BCUT2D eigenvalue weighted by Crippen LogP contribution is -2.50. The van der Waals surface area contributed by atoms with Crippen molar-refractivity contribution in [2.24, 2.45) is 17.3 Å². The number of benzene rings is 1. The van der Waals surface area contributed by atoms with Crippen LogP contribution in [0.25, 0.3) is 0 Å². The molecule has 0 radical (unpaired) electrons. The molecule has 2 saturated heterocycles. The van der Waals surface area contributed by atoms with E-state index >= 15 is 0 Å². The molecule has 1 atom stereocenters. The van der Waals surface area contributed by atoms with Crippen molar-refractivity contribution >= 4 is 17.5 Å². The van der Waals surface area contributed by atoms with Crippen LogP contribution in [0.5, 0.6) is 0 Å². The Labute approximate surface area is 198 Å². The molecule has 2 amide bonds. The molecule has 0 bridgehead atoms. The van der Waals surface area contributed by atoms with Gasteiger partial charge in [-0.2, -0.15) is 18.4 Å². The van der Waals surface area contributed by atoms with E-state index in [1.165, 1.54) is 12.1 Å². The molecule has 3 fully saturated rings. The van der Waals surface area contributed by atoms with E-state index in [0.717, 1.165) is 31.7 Å². The number of piperidine rings is 1. The third kappa shape index (κ3) is 4.47. The molecule has 0 N–H and O–H groups in total. The van der Waals surface area contributed by atoms with Crippen LogP contribution in [0, 0.1) is 28.6 Å². The van der Waals surface area contributed by atoms with Gasteiger partial charge < -0.3 is 14.7 Å². The number of nitrogens with zero attached hydrogens (tertiary/aromatic N) is 4. The van der Waals surface area contributed by atoms with Crippen LogP contribution >= 0.6 is 0 Å². The monoisotopic (exact) mass is 476 g/mol. The fourth-order valence-corrected chi connectivity index (χ4v) is 5.99.